The van der Waals surface area contributed by atoms with Crippen LogP contribution in [-0.4, -0.2) is 17.0 Å². The predicted molar refractivity (Wildman–Crippen MR) is 76.5 cm³/mol. The summed E-state index contributed by atoms with van der Waals surface area (Å²) in [6.07, 6.45) is 6.11. The minimum absolute atomic E-state index is 0.0741. The third-order valence-corrected chi connectivity index (χ3v) is 3.63. The van der Waals surface area contributed by atoms with Crippen LogP contribution in [-0.2, 0) is 12.0 Å². The van der Waals surface area contributed by atoms with Crippen LogP contribution in [0.25, 0.3) is 0 Å². The number of aromatic nitrogens is 2. The maximum atomic E-state index is 4.58. The average molecular weight is 249 g/mol. The molecule has 1 aromatic rings. The molecule has 3 nitrogen and oxygen atoms in total. The molecule has 0 fully saturated rings. The van der Waals surface area contributed by atoms with Crippen molar-refractivity contribution in [2.24, 2.45) is 5.41 Å². The van der Waals surface area contributed by atoms with Gasteiger partial charge in [0.25, 0.3) is 0 Å². The average Bonchev–Trinajstić information content (AvgIpc) is 2.29. The lowest BCUT2D eigenvalue weighted by Crippen LogP contribution is -2.27. The Labute approximate surface area is 111 Å². The van der Waals surface area contributed by atoms with Crippen molar-refractivity contribution in [2.75, 3.05) is 7.05 Å². The van der Waals surface area contributed by atoms with Gasteiger partial charge in [0.15, 0.2) is 0 Å². The van der Waals surface area contributed by atoms with Crippen molar-refractivity contribution in [3.63, 3.8) is 0 Å². The van der Waals surface area contributed by atoms with Gasteiger partial charge in [-0.05, 0) is 18.9 Å². The third-order valence-electron chi connectivity index (χ3n) is 3.63. The van der Waals surface area contributed by atoms with E-state index in [1.807, 2.05) is 19.4 Å². The van der Waals surface area contributed by atoms with E-state index in [2.05, 4.69) is 49.9 Å². The van der Waals surface area contributed by atoms with E-state index < -0.39 is 0 Å². The molecular weight excluding hydrogens is 222 g/mol. The Morgan fingerprint density at radius 1 is 1.11 bits per heavy atom. The first kappa shape index (κ1) is 15.1. The van der Waals surface area contributed by atoms with Crippen molar-refractivity contribution in [1.82, 2.24) is 15.3 Å². The molecule has 0 bridgehead atoms. The molecule has 0 amide bonds. The first-order chi connectivity index (χ1) is 8.30. The number of hydrogen-bond acceptors (Lipinski definition) is 3. The molecule has 0 aliphatic heterocycles. The van der Waals surface area contributed by atoms with Gasteiger partial charge in [-0.2, -0.15) is 0 Å². The molecule has 0 aromatic carbocycles. The number of hydrogen-bond donors (Lipinski definition) is 1. The number of rotatable bonds is 6. The van der Waals surface area contributed by atoms with Gasteiger partial charge in [0, 0.05) is 18.2 Å². The van der Waals surface area contributed by atoms with E-state index in [-0.39, 0.29) is 5.41 Å². The van der Waals surface area contributed by atoms with Crippen molar-refractivity contribution in [2.45, 2.75) is 59.4 Å². The summed E-state index contributed by atoms with van der Waals surface area (Å²) in [6.45, 7) is 12.2. The zero-order valence-corrected chi connectivity index (χ0v) is 12.7. The Morgan fingerprint density at radius 3 is 2.22 bits per heavy atom. The van der Waals surface area contributed by atoms with E-state index in [0.29, 0.717) is 5.41 Å². The lowest BCUT2D eigenvalue weighted by Gasteiger charge is -2.33. The second-order valence-electron chi connectivity index (χ2n) is 6.50. The Morgan fingerprint density at radius 2 is 1.78 bits per heavy atom. The van der Waals surface area contributed by atoms with Crippen molar-refractivity contribution in [3.05, 3.63) is 23.8 Å². The highest BCUT2D eigenvalue weighted by Gasteiger charge is 2.30. The molecular formula is C15H27N3. The van der Waals surface area contributed by atoms with E-state index in [1.54, 1.807) is 0 Å². The van der Waals surface area contributed by atoms with Crippen molar-refractivity contribution < 1.29 is 0 Å². The van der Waals surface area contributed by atoms with Gasteiger partial charge >= 0.3 is 0 Å². The van der Waals surface area contributed by atoms with Crippen LogP contribution < -0.4 is 5.32 Å². The van der Waals surface area contributed by atoms with Crippen molar-refractivity contribution in [3.8, 4) is 0 Å². The molecule has 0 atom stereocenters. The van der Waals surface area contributed by atoms with Gasteiger partial charge < -0.3 is 5.32 Å². The first-order valence-corrected chi connectivity index (χ1v) is 6.77. The number of nitrogens with zero attached hydrogens (tertiary/aromatic N) is 2. The molecule has 1 N–H and O–H groups in total. The molecule has 1 heterocycles. The van der Waals surface area contributed by atoms with E-state index in [1.165, 1.54) is 6.42 Å². The fourth-order valence-electron chi connectivity index (χ4n) is 2.39. The Balaban J connectivity index is 2.84. The fourth-order valence-corrected chi connectivity index (χ4v) is 2.39. The van der Waals surface area contributed by atoms with E-state index in [9.17, 15) is 0 Å². The second-order valence-corrected chi connectivity index (χ2v) is 6.50. The molecule has 0 saturated heterocycles. The summed E-state index contributed by atoms with van der Waals surface area (Å²) in [5, 5.41) is 3.09. The third kappa shape index (κ3) is 4.05. The smallest absolute Gasteiger partial charge is 0.0724 e. The Kier molecular flexibility index (Phi) is 4.85. The molecule has 0 aliphatic rings. The summed E-state index contributed by atoms with van der Waals surface area (Å²) in [5.41, 5.74) is 2.50. The largest absolute Gasteiger partial charge is 0.314 e. The van der Waals surface area contributed by atoms with Crippen LogP contribution in [0.1, 0.15) is 58.8 Å². The maximum Gasteiger partial charge on any atom is 0.0724 e. The van der Waals surface area contributed by atoms with Crippen LogP contribution >= 0.6 is 0 Å². The SMILES string of the molecule is CCC(C)(C)CC(C)(C)c1cnc(CNC)cn1. The van der Waals surface area contributed by atoms with Gasteiger partial charge in [-0.15, -0.1) is 0 Å². The highest BCUT2D eigenvalue weighted by molar-refractivity contribution is 5.13. The topological polar surface area (TPSA) is 37.8 Å². The molecule has 102 valence electrons. The van der Waals surface area contributed by atoms with Gasteiger partial charge in [0.1, 0.15) is 0 Å². The monoisotopic (exact) mass is 249 g/mol. The van der Waals surface area contributed by atoms with Gasteiger partial charge in [0.2, 0.25) is 0 Å². The quantitative estimate of drug-likeness (QED) is 0.840. The molecule has 0 saturated carbocycles. The van der Waals surface area contributed by atoms with Crippen LogP contribution in [0.2, 0.25) is 0 Å². The fraction of sp³-hybridized carbons (Fsp3) is 0.733. The highest BCUT2D eigenvalue weighted by atomic mass is 14.9. The molecule has 1 aromatic heterocycles. The van der Waals surface area contributed by atoms with Gasteiger partial charge in [-0.1, -0.05) is 41.0 Å². The molecule has 0 aliphatic carbocycles. The molecule has 18 heavy (non-hydrogen) atoms. The molecule has 3 heteroatoms. The first-order valence-electron chi connectivity index (χ1n) is 6.77. The molecule has 1 rings (SSSR count). The Hall–Kier alpha value is -0.960. The summed E-state index contributed by atoms with van der Waals surface area (Å²) in [7, 11) is 1.92. The molecule has 0 spiro atoms. The lowest BCUT2D eigenvalue weighted by atomic mass is 9.72. The molecule has 0 unspecified atom stereocenters. The summed E-state index contributed by atoms with van der Waals surface area (Å²) >= 11 is 0. The zero-order valence-electron chi connectivity index (χ0n) is 12.7. The van der Waals surface area contributed by atoms with E-state index in [4.69, 9.17) is 0 Å². The van der Waals surface area contributed by atoms with Crippen LogP contribution in [0.5, 0.6) is 0 Å². The normalized spacial score (nSPS) is 12.8. The maximum absolute atomic E-state index is 4.58. The van der Waals surface area contributed by atoms with Gasteiger partial charge in [-0.25, -0.2) is 0 Å². The van der Waals surface area contributed by atoms with Crippen molar-refractivity contribution >= 4 is 0 Å². The zero-order chi connectivity index (χ0) is 13.8. The standard InChI is InChI=1S/C15H27N3/c1-7-14(2,3)11-15(4,5)13-10-17-12(8-16-6)9-18-13/h9-10,16H,7-8,11H2,1-6H3. The van der Waals surface area contributed by atoms with Crippen LogP contribution in [0.3, 0.4) is 0 Å². The van der Waals surface area contributed by atoms with Crippen LogP contribution in [0, 0.1) is 5.41 Å². The van der Waals surface area contributed by atoms with Crippen LogP contribution in [0.15, 0.2) is 12.4 Å². The summed E-state index contributed by atoms with van der Waals surface area (Å²) < 4.78 is 0. The van der Waals surface area contributed by atoms with Gasteiger partial charge in [0.05, 0.1) is 17.6 Å². The minimum atomic E-state index is 0.0741. The van der Waals surface area contributed by atoms with Crippen molar-refractivity contribution in [1.29, 1.82) is 0 Å². The summed E-state index contributed by atoms with van der Waals surface area (Å²) in [5.74, 6) is 0. The highest BCUT2D eigenvalue weighted by Crippen LogP contribution is 2.37. The number of nitrogens with one attached hydrogen (secondary N) is 1. The summed E-state index contributed by atoms with van der Waals surface area (Å²) in [6, 6.07) is 0. The van der Waals surface area contributed by atoms with Crippen LogP contribution in [0.4, 0.5) is 0 Å². The Bertz CT molecular complexity index is 366. The summed E-state index contributed by atoms with van der Waals surface area (Å²) in [4.78, 5) is 9.05. The predicted octanol–water partition coefficient (Wildman–Crippen LogP) is 3.30. The molecule has 0 radical (unpaired) electrons. The lowest BCUT2D eigenvalue weighted by molar-refractivity contribution is 0.244. The minimum Gasteiger partial charge on any atom is -0.314 e. The van der Waals surface area contributed by atoms with E-state index in [0.717, 1.165) is 24.4 Å². The second kappa shape index (κ2) is 5.79. The van der Waals surface area contributed by atoms with Gasteiger partial charge in [-0.3, -0.25) is 9.97 Å². The van der Waals surface area contributed by atoms with E-state index >= 15 is 0 Å².